The zero-order valence-corrected chi connectivity index (χ0v) is 21.5. The Morgan fingerprint density at radius 1 is 1.09 bits per heavy atom. The zero-order chi connectivity index (χ0) is 25.8. The molecular formula is C24H44N4O6. The van der Waals surface area contributed by atoms with Crippen LogP contribution < -0.4 is 16.5 Å². The number of Topliss-reactive ketones (excluding diaryl/α,β-unsaturated/α-hetero) is 1. The monoisotopic (exact) mass is 484 g/mol. The van der Waals surface area contributed by atoms with Crippen molar-refractivity contribution in [2.45, 2.75) is 84.5 Å². The van der Waals surface area contributed by atoms with E-state index < -0.39 is 12.1 Å². The molecule has 10 nitrogen and oxygen atoms in total. The largest absolute Gasteiger partial charge is 0.379 e. The number of nitrogens with two attached hydrogens (primary N) is 1. The average Bonchev–Trinajstić information content (AvgIpc) is 3.27. The predicted molar refractivity (Wildman–Crippen MR) is 129 cm³/mol. The SMILES string of the molecule is COC(C(C)C=O)C1CCCN1C(=O)CCC(=O)[C@@H](NC(=O)C(NCCON)C(C)C)C(C)C. The fourth-order valence-corrected chi connectivity index (χ4v) is 4.54. The van der Waals surface area contributed by atoms with Crippen molar-refractivity contribution in [1.29, 1.82) is 0 Å². The normalized spacial score (nSPS) is 19.7. The zero-order valence-electron chi connectivity index (χ0n) is 21.5. The van der Waals surface area contributed by atoms with Crippen LogP contribution in [0.1, 0.15) is 60.3 Å². The summed E-state index contributed by atoms with van der Waals surface area (Å²) in [5, 5.41) is 5.97. The Labute approximate surface area is 203 Å². The van der Waals surface area contributed by atoms with E-state index in [1.54, 1.807) is 18.9 Å². The van der Waals surface area contributed by atoms with Crippen LogP contribution in [0.2, 0.25) is 0 Å². The first-order valence-corrected chi connectivity index (χ1v) is 12.2. The highest BCUT2D eigenvalue weighted by molar-refractivity contribution is 5.93. The second-order valence-electron chi connectivity index (χ2n) is 9.74. The first-order chi connectivity index (χ1) is 16.1. The predicted octanol–water partition coefficient (Wildman–Crippen LogP) is 0.822. The van der Waals surface area contributed by atoms with Crippen LogP contribution in [0.5, 0.6) is 0 Å². The molecule has 1 heterocycles. The average molecular weight is 485 g/mol. The van der Waals surface area contributed by atoms with Crippen LogP contribution >= 0.6 is 0 Å². The van der Waals surface area contributed by atoms with Crippen LogP contribution in [0.4, 0.5) is 0 Å². The molecule has 0 spiro atoms. The Morgan fingerprint density at radius 2 is 1.74 bits per heavy atom. The summed E-state index contributed by atoms with van der Waals surface area (Å²) in [6, 6.07) is -1.36. The van der Waals surface area contributed by atoms with Gasteiger partial charge in [0.1, 0.15) is 6.29 Å². The second kappa shape index (κ2) is 15.2. The van der Waals surface area contributed by atoms with Gasteiger partial charge in [0, 0.05) is 39.0 Å². The molecule has 1 aliphatic heterocycles. The molecule has 34 heavy (non-hydrogen) atoms. The van der Waals surface area contributed by atoms with Crippen molar-refractivity contribution >= 4 is 23.9 Å². The standard InChI is InChI=1S/C24H44N4O6/c1-15(2)21(27-24(32)22(16(3)4)26-11-13-34-25)19(30)9-10-20(31)28-12-7-8-18(28)23(33-6)17(5)14-29/h14-18,21-23,26H,7-13,25H2,1-6H3,(H,27,32)/t17?,18?,21-,22?,23?/m0/s1. The number of carbonyl (C=O) groups is 4. The topological polar surface area (TPSA) is 140 Å². The first kappa shape index (κ1) is 30.2. The van der Waals surface area contributed by atoms with Crippen LogP contribution in [-0.2, 0) is 28.8 Å². The van der Waals surface area contributed by atoms with E-state index in [-0.39, 0.29) is 66.9 Å². The van der Waals surface area contributed by atoms with E-state index in [4.69, 9.17) is 10.6 Å². The van der Waals surface area contributed by atoms with Gasteiger partial charge in [-0.2, -0.15) is 0 Å². The van der Waals surface area contributed by atoms with E-state index in [1.807, 2.05) is 27.7 Å². The highest BCUT2D eigenvalue weighted by atomic mass is 16.6. The lowest BCUT2D eigenvalue weighted by molar-refractivity contribution is -0.138. The van der Waals surface area contributed by atoms with Crippen molar-refractivity contribution in [2.75, 3.05) is 26.8 Å². The number of rotatable bonds is 16. The van der Waals surface area contributed by atoms with E-state index in [2.05, 4.69) is 15.5 Å². The summed E-state index contributed by atoms with van der Waals surface area (Å²) in [6.45, 7) is 10.6. The molecule has 1 rings (SSSR count). The van der Waals surface area contributed by atoms with Crippen LogP contribution in [0.15, 0.2) is 0 Å². The number of hydrogen-bond acceptors (Lipinski definition) is 8. The molecule has 1 aliphatic rings. The highest BCUT2D eigenvalue weighted by Gasteiger charge is 2.38. The minimum atomic E-state index is -0.690. The fraction of sp³-hybridized carbons (Fsp3) is 0.833. The number of methoxy groups -OCH3 is 1. The number of hydrogen-bond donors (Lipinski definition) is 3. The number of aldehydes is 1. The molecule has 0 bridgehead atoms. The molecule has 5 atom stereocenters. The van der Waals surface area contributed by atoms with E-state index in [1.165, 1.54) is 0 Å². The van der Waals surface area contributed by atoms with Gasteiger partial charge < -0.3 is 29.9 Å². The lowest BCUT2D eigenvalue weighted by atomic mass is 9.94. The Kier molecular flexibility index (Phi) is 13.5. The van der Waals surface area contributed by atoms with Crippen molar-refractivity contribution in [3.05, 3.63) is 0 Å². The van der Waals surface area contributed by atoms with Crippen LogP contribution in [0.25, 0.3) is 0 Å². The molecular weight excluding hydrogens is 440 g/mol. The van der Waals surface area contributed by atoms with Gasteiger partial charge in [-0.15, -0.1) is 0 Å². The van der Waals surface area contributed by atoms with Gasteiger partial charge in [0.05, 0.1) is 30.8 Å². The minimum absolute atomic E-state index is 0.00291. The van der Waals surface area contributed by atoms with E-state index >= 15 is 0 Å². The Balaban J connectivity index is 2.76. The number of nitrogens with zero attached hydrogens (tertiary/aromatic N) is 1. The number of ether oxygens (including phenoxy) is 1. The van der Waals surface area contributed by atoms with Gasteiger partial charge in [-0.05, 0) is 24.7 Å². The molecule has 4 N–H and O–H groups in total. The van der Waals surface area contributed by atoms with Crippen molar-refractivity contribution in [2.24, 2.45) is 23.7 Å². The third-order valence-electron chi connectivity index (χ3n) is 6.43. The van der Waals surface area contributed by atoms with Gasteiger partial charge in [-0.25, -0.2) is 5.90 Å². The van der Waals surface area contributed by atoms with Crippen molar-refractivity contribution in [1.82, 2.24) is 15.5 Å². The van der Waals surface area contributed by atoms with Gasteiger partial charge in [-0.3, -0.25) is 14.4 Å². The van der Waals surface area contributed by atoms with Gasteiger partial charge in [0.25, 0.3) is 0 Å². The van der Waals surface area contributed by atoms with Gasteiger partial charge in [-0.1, -0.05) is 34.6 Å². The molecule has 196 valence electrons. The van der Waals surface area contributed by atoms with Crippen LogP contribution in [-0.4, -0.2) is 79.8 Å². The molecule has 2 amide bonds. The maximum Gasteiger partial charge on any atom is 0.237 e. The van der Waals surface area contributed by atoms with Crippen molar-refractivity contribution in [3.63, 3.8) is 0 Å². The molecule has 10 heteroatoms. The Hall–Kier alpha value is -1.88. The molecule has 0 aromatic rings. The number of likely N-dealkylation sites (tertiary alicyclic amines) is 1. The summed E-state index contributed by atoms with van der Waals surface area (Å²) >= 11 is 0. The van der Waals surface area contributed by atoms with Crippen LogP contribution in [0, 0.1) is 17.8 Å². The number of nitrogens with one attached hydrogen (secondary N) is 2. The lowest BCUT2D eigenvalue weighted by Gasteiger charge is -2.33. The summed E-state index contributed by atoms with van der Waals surface area (Å²) in [7, 11) is 1.55. The molecule has 0 radical (unpaired) electrons. The van der Waals surface area contributed by atoms with Crippen molar-refractivity contribution in [3.8, 4) is 0 Å². The Bertz CT molecular complexity index is 672. The first-order valence-electron chi connectivity index (χ1n) is 12.2. The van der Waals surface area contributed by atoms with E-state index in [0.717, 1.165) is 19.1 Å². The van der Waals surface area contributed by atoms with Gasteiger partial charge in [0.2, 0.25) is 11.8 Å². The summed E-state index contributed by atoms with van der Waals surface area (Å²) in [4.78, 5) is 56.4. The second-order valence-corrected chi connectivity index (χ2v) is 9.74. The maximum absolute atomic E-state index is 13.0. The summed E-state index contributed by atoms with van der Waals surface area (Å²) in [6.07, 6.45) is 2.16. The van der Waals surface area contributed by atoms with E-state index in [0.29, 0.717) is 13.1 Å². The molecule has 1 saturated heterocycles. The summed E-state index contributed by atoms with van der Waals surface area (Å²) in [5.41, 5.74) is 0. The molecule has 0 aromatic carbocycles. The van der Waals surface area contributed by atoms with Gasteiger partial charge >= 0.3 is 0 Å². The summed E-state index contributed by atoms with van der Waals surface area (Å²) in [5.74, 6) is 4.01. The highest BCUT2D eigenvalue weighted by Crippen LogP contribution is 2.26. The molecule has 4 unspecified atom stereocenters. The van der Waals surface area contributed by atoms with Crippen molar-refractivity contribution < 1.29 is 28.8 Å². The van der Waals surface area contributed by atoms with Crippen LogP contribution in [0.3, 0.4) is 0 Å². The molecule has 0 aliphatic carbocycles. The third-order valence-corrected chi connectivity index (χ3v) is 6.43. The molecule has 0 saturated carbocycles. The quantitative estimate of drug-likeness (QED) is 0.166. The number of ketones is 1. The third kappa shape index (κ3) is 8.72. The number of carbonyl (C=O) groups excluding carboxylic acids is 4. The van der Waals surface area contributed by atoms with Gasteiger partial charge in [0.15, 0.2) is 5.78 Å². The Morgan fingerprint density at radius 3 is 2.26 bits per heavy atom. The molecule has 0 aromatic heterocycles. The summed E-state index contributed by atoms with van der Waals surface area (Å²) < 4.78 is 5.52. The fourth-order valence-electron chi connectivity index (χ4n) is 4.54. The minimum Gasteiger partial charge on any atom is -0.379 e. The smallest absolute Gasteiger partial charge is 0.237 e. The lowest BCUT2D eigenvalue weighted by Crippen LogP contribution is -2.54. The maximum atomic E-state index is 13.0. The number of amides is 2. The molecule has 1 fully saturated rings. The van der Waals surface area contributed by atoms with E-state index in [9.17, 15) is 19.2 Å².